The van der Waals surface area contributed by atoms with Crippen LogP contribution in [0, 0.1) is 19.3 Å². The predicted octanol–water partition coefficient (Wildman–Crippen LogP) is 4.52. The highest BCUT2D eigenvalue weighted by Crippen LogP contribution is 2.28. The molecule has 1 aromatic rings. The number of hydrogen-bond donors (Lipinski definition) is 0. The maximum atomic E-state index is 2.41. The van der Waals surface area contributed by atoms with Crippen molar-refractivity contribution in [2.24, 2.45) is 5.92 Å². The Kier molecular flexibility index (Phi) is 3.82. The van der Waals surface area contributed by atoms with E-state index in [0.29, 0.717) is 0 Å². The van der Waals surface area contributed by atoms with Crippen molar-refractivity contribution in [2.45, 2.75) is 45.4 Å². The molecular formula is C15H21. The van der Waals surface area contributed by atoms with E-state index in [0.717, 1.165) is 5.92 Å². The first-order valence-electron chi connectivity index (χ1n) is 6.24. The third kappa shape index (κ3) is 3.37. The lowest BCUT2D eigenvalue weighted by atomic mass is 9.85. The molecule has 0 saturated heterocycles. The van der Waals surface area contributed by atoms with Crippen molar-refractivity contribution in [3.05, 3.63) is 41.8 Å². The highest BCUT2D eigenvalue weighted by atomic mass is 14.2. The fraction of sp³-hybridized carbons (Fsp3) is 0.533. The van der Waals surface area contributed by atoms with E-state index in [1.165, 1.54) is 49.7 Å². The van der Waals surface area contributed by atoms with Gasteiger partial charge in [-0.25, -0.2) is 0 Å². The number of aryl methyl sites for hydroxylation is 1. The quantitative estimate of drug-likeness (QED) is 0.674. The lowest BCUT2D eigenvalue weighted by Gasteiger charge is -2.21. The van der Waals surface area contributed by atoms with Crippen molar-refractivity contribution in [2.75, 3.05) is 0 Å². The molecule has 2 rings (SSSR count). The molecule has 1 radical (unpaired) electrons. The van der Waals surface area contributed by atoms with Gasteiger partial charge in [0.15, 0.2) is 0 Å². The van der Waals surface area contributed by atoms with Gasteiger partial charge in [-0.05, 0) is 31.2 Å². The molecule has 0 N–H and O–H groups in total. The van der Waals surface area contributed by atoms with Gasteiger partial charge < -0.3 is 0 Å². The van der Waals surface area contributed by atoms with Crippen LogP contribution in [0.2, 0.25) is 0 Å². The average Bonchev–Trinajstić information content (AvgIpc) is 2.30. The normalized spacial score (nSPS) is 17.9. The zero-order valence-electron chi connectivity index (χ0n) is 9.71. The maximum Gasteiger partial charge on any atom is -0.00903 e. The van der Waals surface area contributed by atoms with Gasteiger partial charge in [-0.3, -0.25) is 0 Å². The fourth-order valence-electron chi connectivity index (χ4n) is 2.43. The third-order valence-corrected chi connectivity index (χ3v) is 3.49. The molecule has 0 aromatic heterocycles. The van der Waals surface area contributed by atoms with Crippen LogP contribution in [0.3, 0.4) is 0 Å². The van der Waals surface area contributed by atoms with E-state index in [1.807, 2.05) is 0 Å². The summed E-state index contributed by atoms with van der Waals surface area (Å²) in [6, 6.07) is 8.87. The van der Waals surface area contributed by atoms with Gasteiger partial charge in [0.2, 0.25) is 0 Å². The lowest BCUT2D eigenvalue weighted by molar-refractivity contribution is 0.356. The molecule has 0 aliphatic heterocycles. The first-order valence-corrected chi connectivity index (χ1v) is 6.24. The Hall–Kier alpha value is -0.780. The highest BCUT2D eigenvalue weighted by molar-refractivity contribution is 5.26. The second-order valence-electron chi connectivity index (χ2n) is 4.85. The molecule has 0 bridgehead atoms. The summed E-state index contributed by atoms with van der Waals surface area (Å²) < 4.78 is 0. The number of benzene rings is 1. The van der Waals surface area contributed by atoms with Crippen LogP contribution in [0.1, 0.15) is 49.7 Å². The average molecular weight is 201 g/mol. The van der Waals surface area contributed by atoms with Crippen molar-refractivity contribution in [1.29, 1.82) is 0 Å². The molecule has 81 valence electrons. The zero-order chi connectivity index (χ0) is 10.5. The Labute approximate surface area is 93.7 Å². The predicted molar refractivity (Wildman–Crippen MR) is 65.8 cm³/mol. The van der Waals surface area contributed by atoms with E-state index in [1.54, 1.807) is 0 Å². The summed E-state index contributed by atoms with van der Waals surface area (Å²) in [6.45, 7) is 2.14. The van der Waals surface area contributed by atoms with Gasteiger partial charge >= 0.3 is 0 Å². The van der Waals surface area contributed by atoms with Crippen LogP contribution in [0.4, 0.5) is 0 Å². The summed E-state index contributed by atoms with van der Waals surface area (Å²) in [5, 5.41) is 0. The van der Waals surface area contributed by atoms with E-state index in [2.05, 4.69) is 37.6 Å². The molecule has 1 fully saturated rings. The van der Waals surface area contributed by atoms with Crippen molar-refractivity contribution in [3.63, 3.8) is 0 Å². The Bertz CT molecular complexity index is 277. The summed E-state index contributed by atoms with van der Waals surface area (Å²) in [5.74, 6) is 0.958. The Balaban J connectivity index is 1.79. The molecule has 0 unspecified atom stereocenters. The van der Waals surface area contributed by atoms with Gasteiger partial charge in [-0.15, -0.1) is 0 Å². The highest BCUT2D eigenvalue weighted by Gasteiger charge is 2.12. The summed E-state index contributed by atoms with van der Waals surface area (Å²) in [4.78, 5) is 0. The van der Waals surface area contributed by atoms with Crippen LogP contribution in [-0.2, 0) is 0 Å². The van der Waals surface area contributed by atoms with Crippen molar-refractivity contribution >= 4 is 0 Å². The van der Waals surface area contributed by atoms with Gasteiger partial charge in [-0.2, -0.15) is 0 Å². The molecule has 0 spiro atoms. The second kappa shape index (κ2) is 5.34. The number of rotatable bonds is 3. The number of hydrogen-bond acceptors (Lipinski definition) is 0. The molecule has 0 amide bonds. The molecule has 1 aliphatic rings. The first kappa shape index (κ1) is 10.7. The maximum absolute atomic E-state index is 2.41. The van der Waals surface area contributed by atoms with Crippen LogP contribution in [0.25, 0.3) is 0 Å². The van der Waals surface area contributed by atoms with E-state index < -0.39 is 0 Å². The zero-order valence-corrected chi connectivity index (χ0v) is 9.71. The third-order valence-electron chi connectivity index (χ3n) is 3.49. The topological polar surface area (TPSA) is 0 Å². The molecule has 0 nitrogen and oxygen atoms in total. The van der Waals surface area contributed by atoms with Gasteiger partial charge in [0.25, 0.3) is 0 Å². The van der Waals surface area contributed by atoms with E-state index in [-0.39, 0.29) is 0 Å². The summed E-state index contributed by atoms with van der Waals surface area (Å²) >= 11 is 0. The van der Waals surface area contributed by atoms with Crippen LogP contribution in [-0.4, -0.2) is 0 Å². The van der Waals surface area contributed by atoms with Gasteiger partial charge in [-0.1, -0.05) is 61.9 Å². The summed E-state index contributed by atoms with van der Waals surface area (Å²) in [6.07, 6.45) is 10.9. The molecule has 0 heteroatoms. The molecule has 1 saturated carbocycles. The molecule has 15 heavy (non-hydrogen) atoms. The van der Waals surface area contributed by atoms with Gasteiger partial charge in [0.05, 0.1) is 0 Å². The van der Waals surface area contributed by atoms with Crippen LogP contribution in [0.15, 0.2) is 24.3 Å². The molecule has 0 heterocycles. The van der Waals surface area contributed by atoms with Crippen LogP contribution in [0.5, 0.6) is 0 Å². The first-order chi connectivity index (χ1) is 7.34. The van der Waals surface area contributed by atoms with Crippen molar-refractivity contribution < 1.29 is 0 Å². The van der Waals surface area contributed by atoms with Crippen molar-refractivity contribution in [1.82, 2.24) is 0 Å². The lowest BCUT2D eigenvalue weighted by Crippen LogP contribution is -2.06. The second-order valence-corrected chi connectivity index (χ2v) is 4.85. The molecular weight excluding hydrogens is 180 g/mol. The Morgan fingerprint density at radius 1 is 1.07 bits per heavy atom. The van der Waals surface area contributed by atoms with Crippen molar-refractivity contribution in [3.8, 4) is 0 Å². The van der Waals surface area contributed by atoms with Gasteiger partial charge in [0.1, 0.15) is 0 Å². The van der Waals surface area contributed by atoms with Gasteiger partial charge in [0, 0.05) is 0 Å². The summed E-state index contributed by atoms with van der Waals surface area (Å²) in [7, 11) is 0. The molecule has 0 atom stereocenters. The van der Waals surface area contributed by atoms with E-state index in [4.69, 9.17) is 0 Å². The largest absolute Gasteiger partial charge is 0.0590 e. The summed E-state index contributed by atoms with van der Waals surface area (Å²) in [5.41, 5.74) is 2.75. The monoisotopic (exact) mass is 201 g/mol. The van der Waals surface area contributed by atoms with Crippen LogP contribution < -0.4 is 0 Å². The Morgan fingerprint density at radius 3 is 2.40 bits per heavy atom. The SMILES string of the molecule is Cc1ccc([CH]CC2CCCCC2)cc1. The standard InChI is InChI=1S/C15H21/c1-13-7-9-15(10-8-13)12-11-14-5-3-2-4-6-14/h7-10,12,14H,2-6,11H2,1H3. The Morgan fingerprint density at radius 2 is 1.73 bits per heavy atom. The molecule has 1 aromatic carbocycles. The smallest absolute Gasteiger partial charge is 0.00903 e. The van der Waals surface area contributed by atoms with E-state index >= 15 is 0 Å². The minimum atomic E-state index is 0.958. The van der Waals surface area contributed by atoms with E-state index in [9.17, 15) is 0 Å². The minimum absolute atomic E-state index is 0.958. The fourth-order valence-corrected chi connectivity index (χ4v) is 2.43. The minimum Gasteiger partial charge on any atom is -0.0590 e. The molecule has 1 aliphatic carbocycles. The van der Waals surface area contributed by atoms with Crippen LogP contribution >= 0.6 is 0 Å².